The zero-order valence-electron chi connectivity index (χ0n) is 9.37. The molecule has 2 heterocycles. The van der Waals surface area contributed by atoms with Gasteiger partial charge in [0.25, 0.3) is 5.91 Å². The molecule has 0 unspecified atom stereocenters. The lowest BCUT2D eigenvalue weighted by molar-refractivity contribution is 0.0949. The molecule has 5 heteroatoms. The smallest absolute Gasteiger partial charge is 0.287 e. The zero-order chi connectivity index (χ0) is 11.0. The van der Waals surface area contributed by atoms with Crippen molar-refractivity contribution in [1.29, 1.82) is 0 Å². The summed E-state index contributed by atoms with van der Waals surface area (Å²) >= 11 is 0. The van der Waals surface area contributed by atoms with Crippen molar-refractivity contribution in [3.63, 3.8) is 0 Å². The number of hydrogen-bond acceptors (Lipinski definition) is 3. The molecule has 0 radical (unpaired) electrons. The summed E-state index contributed by atoms with van der Waals surface area (Å²) in [5.74, 6) is 0.396. The monoisotopic (exact) mass is 208 g/mol. The Bertz CT molecular complexity index is 396. The van der Waals surface area contributed by atoms with E-state index in [1.54, 1.807) is 7.05 Å². The molecule has 1 N–H and O–H groups in total. The molecule has 0 saturated heterocycles. The molecule has 1 amide bonds. The number of imidazole rings is 1. The Labute approximate surface area is 89.1 Å². The average molecular weight is 208 g/mol. The maximum atomic E-state index is 11.5. The van der Waals surface area contributed by atoms with E-state index in [0.717, 1.165) is 25.2 Å². The average Bonchev–Trinajstić information content (AvgIpc) is 2.54. The Kier molecular flexibility index (Phi) is 2.48. The van der Waals surface area contributed by atoms with Crippen molar-refractivity contribution in [3.8, 4) is 0 Å². The van der Waals surface area contributed by atoms with Crippen molar-refractivity contribution in [2.45, 2.75) is 13.0 Å². The van der Waals surface area contributed by atoms with Crippen LogP contribution in [0.1, 0.15) is 22.0 Å². The van der Waals surface area contributed by atoms with Crippen molar-refractivity contribution in [3.05, 3.63) is 17.2 Å². The summed E-state index contributed by atoms with van der Waals surface area (Å²) in [6.07, 6.45) is 0.965. The van der Waals surface area contributed by atoms with Gasteiger partial charge in [0, 0.05) is 39.3 Å². The fourth-order valence-corrected chi connectivity index (χ4v) is 1.97. The first kappa shape index (κ1) is 10.2. The van der Waals surface area contributed by atoms with Crippen LogP contribution >= 0.6 is 0 Å². The van der Waals surface area contributed by atoms with Gasteiger partial charge in [0.1, 0.15) is 0 Å². The van der Waals surface area contributed by atoms with E-state index in [0.29, 0.717) is 5.82 Å². The van der Waals surface area contributed by atoms with Gasteiger partial charge >= 0.3 is 0 Å². The molecular weight excluding hydrogens is 192 g/mol. The molecule has 0 aromatic carbocycles. The second kappa shape index (κ2) is 3.66. The highest BCUT2D eigenvalue weighted by atomic mass is 16.2. The molecule has 0 aliphatic carbocycles. The van der Waals surface area contributed by atoms with Crippen LogP contribution in [0, 0.1) is 0 Å². The minimum Gasteiger partial charge on any atom is -0.352 e. The number of fused-ring (bicyclic) bond motifs is 1. The highest BCUT2D eigenvalue weighted by Gasteiger charge is 2.22. The number of carbonyl (C=O) groups excluding carboxylic acids is 1. The van der Waals surface area contributed by atoms with Crippen LogP contribution in [-0.4, -0.2) is 41.0 Å². The second-order valence-electron chi connectivity index (χ2n) is 3.95. The van der Waals surface area contributed by atoms with Crippen molar-refractivity contribution in [2.24, 2.45) is 7.05 Å². The SMILES string of the molecule is CNC(=O)c1nc2c(n1C)CCN(C)C2. The van der Waals surface area contributed by atoms with Crippen LogP contribution in [0.15, 0.2) is 0 Å². The van der Waals surface area contributed by atoms with Crippen molar-refractivity contribution < 1.29 is 4.79 Å². The Balaban J connectivity index is 2.40. The minimum absolute atomic E-state index is 0.116. The minimum atomic E-state index is -0.116. The molecule has 0 fully saturated rings. The van der Waals surface area contributed by atoms with Crippen LogP contribution in [0.4, 0.5) is 0 Å². The number of nitrogens with zero attached hydrogens (tertiary/aromatic N) is 3. The molecule has 82 valence electrons. The third-order valence-electron chi connectivity index (χ3n) is 2.88. The molecule has 15 heavy (non-hydrogen) atoms. The lowest BCUT2D eigenvalue weighted by Gasteiger charge is -2.21. The standard InChI is InChI=1S/C10H16N4O/c1-11-10(15)9-12-7-6-13(2)5-4-8(7)14(9)3/h4-6H2,1-3H3,(H,11,15). The summed E-state index contributed by atoms with van der Waals surface area (Å²) in [7, 11) is 5.60. The summed E-state index contributed by atoms with van der Waals surface area (Å²) in [4.78, 5) is 18.1. The normalized spacial score (nSPS) is 16.2. The van der Waals surface area contributed by atoms with Crippen molar-refractivity contribution in [1.82, 2.24) is 19.8 Å². The van der Waals surface area contributed by atoms with E-state index in [1.165, 1.54) is 5.69 Å². The first-order chi connectivity index (χ1) is 7.13. The lowest BCUT2D eigenvalue weighted by Crippen LogP contribution is -2.27. The molecule has 0 atom stereocenters. The van der Waals surface area contributed by atoms with Gasteiger partial charge in [-0.3, -0.25) is 4.79 Å². The molecule has 0 saturated carbocycles. The van der Waals surface area contributed by atoms with Crippen LogP contribution in [0.5, 0.6) is 0 Å². The van der Waals surface area contributed by atoms with Crippen LogP contribution in [-0.2, 0) is 20.0 Å². The Hall–Kier alpha value is -1.36. The van der Waals surface area contributed by atoms with E-state index in [1.807, 2.05) is 11.6 Å². The highest BCUT2D eigenvalue weighted by Crippen LogP contribution is 2.17. The van der Waals surface area contributed by atoms with Gasteiger partial charge < -0.3 is 14.8 Å². The van der Waals surface area contributed by atoms with E-state index < -0.39 is 0 Å². The van der Waals surface area contributed by atoms with Crippen molar-refractivity contribution >= 4 is 5.91 Å². The molecule has 0 spiro atoms. The number of rotatable bonds is 1. The fraction of sp³-hybridized carbons (Fsp3) is 0.600. The number of carbonyl (C=O) groups is 1. The van der Waals surface area contributed by atoms with Gasteiger partial charge in [-0.2, -0.15) is 0 Å². The molecule has 1 aliphatic rings. The topological polar surface area (TPSA) is 50.2 Å². The quantitative estimate of drug-likeness (QED) is 0.693. The van der Waals surface area contributed by atoms with E-state index in [-0.39, 0.29) is 5.91 Å². The number of likely N-dealkylation sites (N-methyl/N-ethyl adjacent to an activating group) is 1. The predicted octanol–water partition coefficient (Wildman–Crippen LogP) is -0.232. The van der Waals surface area contributed by atoms with Crippen LogP contribution < -0.4 is 5.32 Å². The molecule has 0 bridgehead atoms. The maximum Gasteiger partial charge on any atom is 0.287 e. The third kappa shape index (κ3) is 1.63. The molecule has 1 aliphatic heterocycles. The molecule has 1 aromatic rings. The maximum absolute atomic E-state index is 11.5. The van der Waals surface area contributed by atoms with Gasteiger partial charge in [-0.05, 0) is 7.05 Å². The summed E-state index contributed by atoms with van der Waals surface area (Å²) in [5.41, 5.74) is 2.22. The third-order valence-corrected chi connectivity index (χ3v) is 2.88. The highest BCUT2D eigenvalue weighted by molar-refractivity contribution is 5.90. The van der Waals surface area contributed by atoms with E-state index >= 15 is 0 Å². The van der Waals surface area contributed by atoms with E-state index in [9.17, 15) is 4.79 Å². The zero-order valence-corrected chi connectivity index (χ0v) is 9.37. The van der Waals surface area contributed by atoms with E-state index in [4.69, 9.17) is 0 Å². The number of hydrogen-bond donors (Lipinski definition) is 1. The van der Waals surface area contributed by atoms with Crippen LogP contribution in [0.2, 0.25) is 0 Å². The van der Waals surface area contributed by atoms with Gasteiger partial charge in [-0.15, -0.1) is 0 Å². The molecule has 5 nitrogen and oxygen atoms in total. The van der Waals surface area contributed by atoms with Crippen LogP contribution in [0.25, 0.3) is 0 Å². The van der Waals surface area contributed by atoms with Gasteiger partial charge in [0.15, 0.2) is 5.82 Å². The molecule has 1 aromatic heterocycles. The lowest BCUT2D eigenvalue weighted by atomic mass is 10.1. The number of aromatic nitrogens is 2. The first-order valence-corrected chi connectivity index (χ1v) is 5.08. The summed E-state index contributed by atoms with van der Waals surface area (Å²) in [6, 6.07) is 0. The largest absolute Gasteiger partial charge is 0.352 e. The Morgan fingerprint density at radius 3 is 2.87 bits per heavy atom. The number of nitrogens with one attached hydrogen (secondary N) is 1. The Morgan fingerprint density at radius 1 is 1.47 bits per heavy atom. The summed E-state index contributed by atoms with van der Waals surface area (Å²) in [5, 5.41) is 2.61. The predicted molar refractivity (Wildman–Crippen MR) is 56.6 cm³/mol. The van der Waals surface area contributed by atoms with Gasteiger partial charge in [0.05, 0.1) is 5.69 Å². The summed E-state index contributed by atoms with van der Waals surface area (Å²) in [6.45, 7) is 1.86. The van der Waals surface area contributed by atoms with Crippen molar-refractivity contribution in [2.75, 3.05) is 20.6 Å². The first-order valence-electron chi connectivity index (χ1n) is 5.08. The fourth-order valence-electron chi connectivity index (χ4n) is 1.97. The van der Waals surface area contributed by atoms with Gasteiger partial charge in [-0.25, -0.2) is 4.98 Å². The van der Waals surface area contributed by atoms with Crippen LogP contribution in [0.3, 0.4) is 0 Å². The summed E-state index contributed by atoms with van der Waals surface area (Å²) < 4.78 is 1.90. The Morgan fingerprint density at radius 2 is 2.20 bits per heavy atom. The van der Waals surface area contributed by atoms with E-state index in [2.05, 4.69) is 22.2 Å². The van der Waals surface area contributed by atoms with Gasteiger partial charge in [0.2, 0.25) is 0 Å². The molecular formula is C10H16N4O. The number of amides is 1. The molecule has 2 rings (SSSR count). The second-order valence-corrected chi connectivity index (χ2v) is 3.95. The van der Waals surface area contributed by atoms with Gasteiger partial charge in [-0.1, -0.05) is 0 Å².